The van der Waals surface area contributed by atoms with Gasteiger partial charge in [-0.2, -0.15) is 0 Å². The van der Waals surface area contributed by atoms with Gasteiger partial charge < -0.3 is 0 Å². The zero-order chi connectivity index (χ0) is 16.1. The number of hydrogen-bond donors (Lipinski definition) is 1. The van der Waals surface area contributed by atoms with Crippen LogP contribution >= 0.6 is 39.0 Å². The highest BCUT2D eigenvalue weighted by molar-refractivity contribution is 9.10. The predicted molar refractivity (Wildman–Crippen MR) is 98.0 cm³/mol. The fourth-order valence-electron chi connectivity index (χ4n) is 1.82. The summed E-state index contributed by atoms with van der Waals surface area (Å²) in [5, 5.41) is 12.3. The summed E-state index contributed by atoms with van der Waals surface area (Å²) in [6, 6.07) is 17.3. The third-order valence-corrected chi connectivity index (χ3v) is 5.42. The molecule has 0 radical (unpaired) electrons. The first-order valence-electron chi connectivity index (χ1n) is 6.78. The number of halogens is 1. The summed E-state index contributed by atoms with van der Waals surface area (Å²) in [4.78, 5) is 13.3. The van der Waals surface area contributed by atoms with E-state index < -0.39 is 0 Å². The van der Waals surface area contributed by atoms with Crippen LogP contribution < -0.4 is 5.32 Å². The Morgan fingerprint density at radius 3 is 2.74 bits per heavy atom. The first-order chi connectivity index (χ1) is 11.2. The molecule has 0 saturated carbocycles. The van der Waals surface area contributed by atoms with Gasteiger partial charge in [-0.3, -0.25) is 10.1 Å². The lowest BCUT2D eigenvalue weighted by Crippen LogP contribution is -2.11. The molecule has 0 aliphatic heterocycles. The fourth-order valence-corrected chi connectivity index (χ4v) is 3.86. The maximum absolute atomic E-state index is 12.2. The number of nitrogens with one attached hydrogen (secondary N) is 1. The van der Waals surface area contributed by atoms with E-state index in [-0.39, 0.29) is 5.91 Å². The molecule has 4 nitrogen and oxygen atoms in total. The third kappa shape index (κ3) is 4.63. The van der Waals surface area contributed by atoms with Crippen LogP contribution in [0.1, 0.15) is 15.4 Å². The Morgan fingerprint density at radius 2 is 1.96 bits per heavy atom. The van der Waals surface area contributed by atoms with Crippen LogP contribution in [0.3, 0.4) is 0 Å². The Labute approximate surface area is 150 Å². The maximum atomic E-state index is 12.2. The summed E-state index contributed by atoms with van der Waals surface area (Å²) in [7, 11) is 0. The smallest absolute Gasteiger partial charge is 0.257 e. The SMILES string of the molecule is O=C(Nc1nnc(CSc2ccccc2)s1)c1cccc(Br)c1. The number of carbonyl (C=O) groups excluding carboxylic acids is 1. The van der Waals surface area contributed by atoms with E-state index in [1.807, 2.05) is 30.3 Å². The molecule has 3 rings (SSSR count). The van der Waals surface area contributed by atoms with Crippen LogP contribution in [0.2, 0.25) is 0 Å². The van der Waals surface area contributed by atoms with E-state index in [0.29, 0.717) is 10.7 Å². The molecule has 1 aromatic heterocycles. The van der Waals surface area contributed by atoms with E-state index >= 15 is 0 Å². The third-order valence-electron chi connectivity index (χ3n) is 2.88. The number of aromatic nitrogens is 2. The second kappa shape index (κ2) is 7.72. The van der Waals surface area contributed by atoms with Gasteiger partial charge in [0.1, 0.15) is 5.01 Å². The molecule has 0 unspecified atom stereocenters. The Balaban J connectivity index is 1.60. The quantitative estimate of drug-likeness (QED) is 0.616. The minimum atomic E-state index is -0.190. The van der Waals surface area contributed by atoms with Crippen molar-refractivity contribution in [1.29, 1.82) is 0 Å². The number of anilines is 1. The molecule has 3 aromatic rings. The lowest BCUT2D eigenvalue weighted by molar-refractivity contribution is 0.102. The summed E-state index contributed by atoms with van der Waals surface area (Å²) in [5.74, 6) is 0.541. The van der Waals surface area contributed by atoms with Crippen LogP contribution in [-0.4, -0.2) is 16.1 Å². The van der Waals surface area contributed by atoms with E-state index in [1.54, 1.807) is 23.9 Å². The highest BCUT2D eigenvalue weighted by atomic mass is 79.9. The molecule has 0 aliphatic carbocycles. The molecule has 0 saturated heterocycles. The first kappa shape index (κ1) is 16.2. The van der Waals surface area contributed by atoms with Gasteiger partial charge in [-0.05, 0) is 30.3 Å². The number of carbonyl (C=O) groups is 1. The number of hydrogen-bond acceptors (Lipinski definition) is 5. The van der Waals surface area contributed by atoms with Crippen LogP contribution in [0.5, 0.6) is 0 Å². The van der Waals surface area contributed by atoms with Crippen molar-refractivity contribution >= 4 is 50.1 Å². The van der Waals surface area contributed by atoms with E-state index in [9.17, 15) is 4.79 Å². The van der Waals surface area contributed by atoms with Gasteiger partial charge in [0, 0.05) is 14.9 Å². The summed E-state index contributed by atoms with van der Waals surface area (Å²) >= 11 is 6.44. The van der Waals surface area contributed by atoms with Crippen molar-refractivity contribution in [3.63, 3.8) is 0 Å². The number of thioether (sulfide) groups is 1. The Kier molecular flexibility index (Phi) is 5.43. The first-order valence-corrected chi connectivity index (χ1v) is 9.37. The zero-order valence-electron chi connectivity index (χ0n) is 11.9. The zero-order valence-corrected chi connectivity index (χ0v) is 15.1. The molecule has 116 valence electrons. The van der Waals surface area contributed by atoms with E-state index in [1.165, 1.54) is 16.2 Å². The Hall–Kier alpha value is -1.70. The highest BCUT2D eigenvalue weighted by Gasteiger charge is 2.10. The van der Waals surface area contributed by atoms with Gasteiger partial charge in [-0.25, -0.2) is 0 Å². The van der Waals surface area contributed by atoms with Crippen molar-refractivity contribution in [2.24, 2.45) is 0 Å². The Morgan fingerprint density at radius 1 is 1.13 bits per heavy atom. The van der Waals surface area contributed by atoms with Gasteiger partial charge >= 0.3 is 0 Å². The monoisotopic (exact) mass is 405 g/mol. The Bertz CT molecular complexity index is 808. The van der Waals surface area contributed by atoms with Crippen molar-refractivity contribution < 1.29 is 4.79 Å². The molecule has 2 aromatic carbocycles. The van der Waals surface area contributed by atoms with Crippen LogP contribution in [0.4, 0.5) is 5.13 Å². The van der Waals surface area contributed by atoms with Gasteiger partial charge in [0.2, 0.25) is 5.13 Å². The van der Waals surface area contributed by atoms with Crippen LogP contribution in [0, 0.1) is 0 Å². The summed E-state index contributed by atoms with van der Waals surface area (Å²) in [6.45, 7) is 0. The van der Waals surface area contributed by atoms with Crippen molar-refractivity contribution in [3.05, 3.63) is 69.6 Å². The topological polar surface area (TPSA) is 54.9 Å². The molecule has 0 bridgehead atoms. The molecule has 0 atom stereocenters. The molecule has 0 spiro atoms. The number of benzene rings is 2. The molecule has 1 amide bonds. The minimum Gasteiger partial charge on any atom is -0.296 e. The average Bonchev–Trinajstić information content (AvgIpc) is 3.01. The molecule has 1 heterocycles. The molecule has 7 heteroatoms. The highest BCUT2D eigenvalue weighted by Crippen LogP contribution is 2.26. The number of amides is 1. The van der Waals surface area contributed by atoms with E-state index in [4.69, 9.17) is 0 Å². The van der Waals surface area contributed by atoms with Crippen molar-refractivity contribution in [2.45, 2.75) is 10.6 Å². The van der Waals surface area contributed by atoms with Gasteiger partial charge in [-0.1, -0.05) is 51.5 Å². The number of rotatable bonds is 5. The van der Waals surface area contributed by atoms with Crippen LogP contribution in [0.15, 0.2) is 64.0 Å². The number of nitrogens with zero attached hydrogens (tertiary/aromatic N) is 2. The average molecular weight is 406 g/mol. The largest absolute Gasteiger partial charge is 0.296 e. The van der Waals surface area contributed by atoms with Gasteiger partial charge in [0.25, 0.3) is 5.91 Å². The van der Waals surface area contributed by atoms with Crippen molar-refractivity contribution in [1.82, 2.24) is 10.2 Å². The van der Waals surface area contributed by atoms with E-state index in [2.05, 4.69) is 43.6 Å². The van der Waals surface area contributed by atoms with Crippen LogP contribution in [0.25, 0.3) is 0 Å². The summed E-state index contributed by atoms with van der Waals surface area (Å²) < 4.78 is 0.863. The second-order valence-corrected chi connectivity index (χ2v) is 7.59. The lowest BCUT2D eigenvalue weighted by Gasteiger charge is -2.01. The normalized spacial score (nSPS) is 10.5. The fraction of sp³-hybridized carbons (Fsp3) is 0.0625. The molecule has 23 heavy (non-hydrogen) atoms. The van der Waals surface area contributed by atoms with Crippen LogP contribution in [-0.2, 0) is 5.75 Å². The van der Waals surface area contributed by atoms with Gasteiger partial charge in [-0.15, -0.1) is 22.0 Å². The molecule has 0 aliphatic rings. The predicted octanol–water partition coefficient (Wildman–Crippen LogP) is 4.85. The summed E-state index contributed by atoms with van der Waals surface area (Å²) in [6.07, 6.45) is 0. The van der Waals surface area contributed by atoms with Crippen molar-refractivity contribution in [3.8, 4) is 0 Å². The second-order valence-electron chi connectivity index (χ2n) is 4.57. The lowest BCUT2D eigenvalue weighted by atomic mass is 10.2. The van der Waals surface area contributed by atoms with Crippen molar-refractivity contribution in [2.75, 3.05) is 5.32 Å². The van der Waals surface area contributed by atoms with Gasteiger partial charge in [0.05, 0.1) is 5.75 Å². The molecular weight excluding hydrogens is 394 g/mol. The minimum absolute atomic E-state index is 0.190. The standard InChI is InChI=1S/C16H12BrN3OS2/c17-12-6-4-5-11(9-12)15(21)18-16-20-19-14(23-16)10-22-13-7-2-1-3-8-13/h1-9H,10H2,(H,18,20,21). The van der Waals surface area contributed by atoms with Gasteiger partial charge in [0.15, 0.2) is 0 Å². The summed E-state index contributed by atoms with van der Waals surface area (Å²) in [5.41, 5.74) is 0.579. The molecule has 1 N–H and O–H groups in total. The van der Waals surface area contributed by atoms with E-state index in [0.717, 1.165) is 15.2 Å². The molecule has 0 fully saturated rings. The molecular formula is C16H12BrN3OS2. The maximum Gasteiger partial charge on any atom is 0.257 e.